The molecule has 0 bridgehead atoms. The maximum absolute atomic E-state index is 12.3. The number of anilines is 1. The lowest BCUT2D eigenvalue weighted by atomic mass is 10.1. The van der Waals surface area contributed by atoms with E-state index in [-0.39, 0.29) is 18.1 Å². The lowest BCUT2D eigenvalue weighted by Gasteiger charge is -1.98. The molecule has 3 rings (SSSR count). The summed E-state index contributed by atoms with van der Waals surface area (Å²) in [6.45, 7) is 1.47. The van der Waals surface area contributed by atoms with Gasteiger partial charge >= 0.3 is 0 Å². The minimum absolute atomic E-state index is 0.0299. The van der Waals surface area contributed by atoms with Crippen LogP contribution in [0, 0.1) is 11.3 Å². The lowest BCUT2D eigenvalue weighted by Crippen LogP contribution is -2.10. The average Bonchev–Trinajstić information content (AvgIpc) is 3.24. The topological polar surface area (TPSA) is 95.7 Å². The van der Waals surface area contributed by atoms with Crippen molar-refractivity contribution in [3.8, 4) is 16.5 Å². The van der Waals surface area contributed by atoms with Crippen LogP contribution < -0.4 is 5.32 Å². The highest BCUT2D eigenvalue weighted by Crippen LogP contribution is 2.28. The fraction of sp³-hybridized carbons (Fsp3) is 0.118. The van der Waals surface area contributed by atoms with E-state index >= 15 is 0 Å². The van der Waals surface area contributed by atoms with Gasteiger partial charge in [-0.2, -0.15) is 9.64 Å². The molecular weight excluding hydrogens is 356 g/mol. The SMILES string of the molecule is CC(=O)Cc1nsc(NC(=O)c2csc(-c3cccc(C#N)c3)c2)n1. The van der Waals surface area contributed by atoms with Crippen molar-refractivity contribution >= 4 is 39.7 Å². The number of benzene rings is 1. The van der Waals surface area contributed by atoms with Crippen molar-refractivity contribution in [1.29, 1.82) is 5.26 Å². The van der Waals surface area contributed by atoms with Gasteiger partial charge in [0.2, 0.25) is 5.13 Å². The second-order valence-corrected chi connectivity index (χ2v) is 6.90. The van der Waals surface area contributed by atoms with Gasteiger partial charge in [0.15, 0.2) is 5.82 Å². The summed E-state index contributed by atoms with van der Waals surface area (Å²) in [5.74, 6) is 0.0920. The fourth-order valence-corrected chi connectivity index (χ4v) is 3.59. The van der Waals surface area contributed by atoms with Crippen LogP contribution in [0.3, 0.4) is 0 Å². The van der Waals surface area contributed by atoms with Gasteiger partial charge in [0, 0.05) is 21.8 Å². The second-order valence-electron chi connectivity index (χ2n) is 5.24. The summed E-state index contributed by atoms with van der Waals surface area (Å²) < 4.78 is 4.04. The Morgan fingerprint density at radius 1 is 1.32 bits per heavy atom. The predicted octanol–water partition coefficient (Wildman–Crippen LogP) is 3.52. The van der Waals surface area contributed by atoms with Crippen LogP contribution in [0.2, 0.25) is 0 Å². The number of hydrogen-bond acceptors (Lipinski definition) is 7. The largest absolute Gasteiger partial charge is 0.300 e. The summed E-state index contributed by atoms with van der Waals surface area (Å²) in [6.07, 6.45) is 0.157. The highest BCUT2D eigenvalue weighted by molar-refractivity contribution is 7.14. The number of nitrogens with one attached hydrogen (secondary N) is 1. The molecule has 0 radical (unpaired) electrons. The molecule has 25 heavy (non-hydrogen) atoms. The summed E-state index contributed by atoms with van der Waals surface area (Å²) >= 11 is 2.47. The van der Waals surface area contributed by atoms with Crippen molar-refractivity contribution in [3.63, 3.8) is 0 Å². The van der Waals surface area contributed by atoms with E-state index in [4.69, 9.17) is 5.26 Å². The number of hydrogen-bond donors (Lipinski definition) is 1. The Hall–Kier alpha value is -2.89. The van der Waals surface area contributed by atoms with Gasteiger partial charge in [0.1, 0.15) is 5.78 Å². The van der Waals surface area contributed by atoms with Crippen molar-refractivity contribution in [2.75, 3.05) is 5.32 Å². The number of carbonyl (C=O) groups excluding carboxylic acids is 2. The number of nitrogens with zero attached hydrogens (tertiary/aromatic N) is 3. The zero-order chi connectivity index (χ0) is 17.8. The summed E-state index contributed by atoms with van der Waals surface area (Å²) in [5, 5.41) is 13.8. The van der Waals surface area contributed by atoms with Crippen LogP contribution in [0.5, 0.6) is 0 Å². The average molecular weight is 368 g/mol. The third kappa shape index (κ3) is 4.15. The van der Waals surface area contributed by atoms with Crippen molar-refractivity contribution in [2.24, 2.45) is 0 Å². The minimum Gasteiger partial charge on any atom is -0.300 e. The maximum Gasteiger partial charge on any atom is 0.258 e. The molecule has 1 aromatic carbocycles. The number of rotatable bonds is 5. The Kier molecular flexibility index (Phi) is 4.97. The fourth-order valence-electron chi connectivity index (χ4n) is 2.12. The first-order valence-electron chi connectivity index (χ1n) is 7.27. The number of amides is 1. The smallest absolute Gasteiger partial charge is 0.258 e. The Morgan fingerprint density at radius 3 is 2.92 bits per heavy atom. The molecule has 3 aromatic rings. The van der Waals surface area contributed by atoms with Gasteiger partial charge in [-0.3, -0.25) is 14.9 Å². The van der Waals surface area contributed by atoms with Gasteiger partial charge in [-0.05, 0) is 30.7 Å². The Morgan fingerprint density at radius 2 is 2.16 bits per heavy atom. The van der Waals surface area contributed by atoms with E-state index in [1.54, 1.807) is 23.6 Å². The third-order valence-electron chi connectivity index (χ3n) is 3.23. The molecule has 0 saturated carbocycles. The van der Waals surface area contributed by atoms with Crippen molar-refractivity contribution in [2.45, 2.75) is 13.3 Å². The van der Waals surface area contributed by atoms with E-state index < -0.39 is 0 Å². The summed E-state index contributed by atoms with van der Waals surface area (Å²) in [7, 11) is 0. The molecule has 0 unspecified atom stereocenters. The molecule has 0 fully saturated rings. The van der Waals surface area contributed by atoms with Crippen LogP contribution in [0.25, 0.3) is 10.4 Å². The Bertz CT molecular complexity index is 984. The quantitative estimate of drug-likeness (QED) is 0.743. The van der Waals surface area contributed by atoms with Crippen LogP contribution >= 0.6 is 22.9 Å². The highest BCUT2D eigenvalue weighted by Gasteiger charge is 2.13. The van der Waals surface area contributed by atoms with E-state index in [2.05, 4.69) is 20.7 Å². The van der Waals surface area contributed by atoms with E-state index in [9.17, 15) is 9.59 Å². The molecule has 0 aliphatic heterocycles. The van der Waals surface area contributed by atoms with Gasteiger partial charge in [-0.15, -0.1) is 11.3 Å². The van der Waals surface area contributed by atoms with Crippen LogP contribution in [-0.4, -0.2) is 21.0 Å². The standard InChI is InChI=1S/C17H12N4O2S2/c1-10(22)5-15-19-17(25-21-15)20-16(23)13-7-14(24-9-13)12-4-2-3-11(6-12)8-18/h2-4,6-7,9H,5H2,1H3,(H,19,20,21,23). The highest BCUT2D eigenvalue weighted by atomic mass is 32.1. The second kappa shape index (κ2) is 7.34. The van der Waals surface area contributed by atoms with E-state index in [1.807, 2.05) is 12.1 Å². The molecule has 0 spiro atoms. The predicted molar refractivity (Wildman–Crippen MR) is 96.7 cm³/mol. The van der Waals surface area contributed by atoms with Gasteiger partial charge in [0.25, 0.3) is 5.91 Å². The van der Waals surface area contributed by atoms with Crippen molar-refractivity contribution in [1.82, 2.24) is 9.36 Å². The number of Topliss-reactive ketones (excluding diaryl/α,β-unsaturated/α-hetero) is 1. The van der Waals surface area contributed by atoms with Crippen LogP contribution in [-0.2, 0) is 11.2 Å². The van der Waals surface area contributed by atoms with Gasteiger partial charge in [-0.1, -0.05) is 12.1 Å². The summed E-state index contributed by atoms with van der Waals surface area (Å²) in [5.41, 5.74) is 1.97. The summed E-state index contributed by atoms with van der Waals surface area (Å²) in [6, 6.07) is 11.1. The third-order valence-corrected chi connectivity index (χ3v) is 4.88. The van der Waals surface area contributed by atoms with Crippen molar-refractivity contribution in [3.05, 3.63) is 52.7 Å². The number of ketones is 1. The Balaban J connectivity index is 1.73. The number of aromatic nitrogens is 2. The molecule has 1 N–H and O–H groups in total. The molecule has 6 nitrogen and oxygen atoms in total. The molecule has 2 aromatic heterocycles. The van der Waals surface area contributed by atoms with E-state index in [0.717, 1.165) is 22.0 Å². The Labute approximate surface area is 151 Å². The van der Waals surface area contributed by atoms with Gasteiger partial charge in [-0.25, -0.2) is 4.98 Å². The number of thiophene rings is 1. The van der Waals surface area contributed by atoms with Crippen LogP contribution in [0.1, 0.15) is 28.7 Å². The molecule has 0 aliphatic rings. The zero-order valence-corrected chi connectivity index (χ0v) is 14.8. The van der Waals surface area contributed by atoms with E-state index in [1.165, 1.54) is 18.3 Å². The molecule has 0 saturated heterocycles. The van der Waals surface area contributed by atoms with Gasteiger partial charge in [0.05, 0.1) is 23.6 Å². The number of nitriles is 1. The molecular formula is C17H12N4O2S2. The number of carbonyl (C=O) groups is 2. The van der Waals surface area contributed by atoms with E-state index in [0.29, 0.717) is 22.1 Å². The zero-order valence-electron chi connectivity index (χ0n) is 13.1. The molecule has 8 heteroatoms. The normalized spacial score (nSPS) is 10.2. The molecule has 0 atom stereocenters. The molecule has 1 amide bonds. The first-order chi connectivity index (χ1) is 12.0. The van der Waals surface area contributed by atoms with Gasteiger partial charge < -0.3 is 0 Å². The lowest BCUT2D eigenvalue weighted by molar-refractivity contribution is -0.116. The monoisotopic (exact) mass is 368 g/mol. The van der Waals surface area contributed by atoms with Crippen LogP contribution in [0.4, 0.5) is 5.13 Å². The first kappa shape index (κ1) is 17.0. The van der Waals surface area contributed by atoms with Crippen molar-refractivity contribution < 1.29 is 9.59 Å². The molecule has 124 valence electrons. The molecule has 0 aliphatic carbocycles. The first-order valence-corrected chi connectivity index (χ1v) is 8.93. The molecule has 2 heterocycles. The summed E-state index contributed by atoms with van der Waals surface area (Å²) in [4.78, 5) is 28.4. The maximum atomic E-state index is 12.3. The van der Waals surface area contributed by atoms with Crippen LogP contribution in [0.15, 0.2) is 35.7 Å². The minimum atomic E-state index is -0.288.